The van der Waals surface area contributed by atoms with Crippen molar-refractivity contribution in [3.05, 3.63) is 28.8 Å². The lowest BCUT2D eigenvalue weighted by molar-refractivity contribution is -0.117. The molecule has 0 aliphatic heterocycles. The number of hydrogen-bond acceptors (Lipinski definition) is 5. The third-order valence-corrected chi connectivity index (χ3v) is 4.90. The van der Waals surface area contributed by atoms with E-state index in [1.165, 1.54) is 25.3 Å². The van der Waals surface area contributed by atoms with Gasteiger partial charge in [-0.2, -0.15) is 4.31 Å². The first-order valence-electron chi connectivity index (χ1n) is 7.02. The number of carbonyl (C=O) groups excluding carboxylic acids is 2. The molecule has 1 N–H and O–H groups in total. The number of hydrogen-bond donors (Lipinski definition) is 1. The Bertz CT molecular complexity index is 741. The highest BCUT2D eigenvalue weighted by molar-refractivity contribution is 7.88. The highest BCUT2D eigenvalue weighted by Gasteiger charge is 2.31. The molecular formula is C15H21ClN2O5S. The second-order valence-corrected chi connectivity index (χ2v) is 8.49. The molecule has 0 aromatic heterocycles. The number of ether oxygens (including phenoxy) is 1. The molecule has 0 fully saturated rings. The summed E-state index contributed by atoms with van der Waals surface area (Å²) in [6.45, 7) is 4.69. The van der Waals surface area contributed by atoms with Crippen LogP contribution in [0.5, 0.6) is 0 Å². The van der Waals surface area contributed by atoms with Crippen LogP contribution in [0.2, 0.25) is 5.02 Å². The van der Waals surface area contributed by atoms with E-state index in [0.717, 1.165) is 10.6 Å². The van der Waals surface area contributed by atoms with Gasteiger partial charge in [0.05, 0.1) is 36.2 Å². The van der Waals surface area contributed by atoms with Crippen LogP contribution in [0.25, 0.3) is 0 Å². The van der Waals surface area contributed by atoms with Gasteiger partial charge in [0.1, 0.15) is 0 Å². The van der Waals surface area contributed by atoms with Crippen LogP contribution >= 0.6 is 11.6 Å². The van der Waals surface area contributed by atoms with Crippen LogP contribution in [-0.2, 0) is 19.6 Å². The molecule has 0 bridgehead atoms. The van der Waals surface area contributed by atoms with Crippen molar-refractivity contribution >= 4 is 39.2 Å². The standard InChI is InChI=1S/C15H21ClN2O5S/c1-15(2,3)18(24(5,21)22)9-13(19)17-12-8-10(14(20)23-4)6-7-11(12)16/h6-8H,9H2,1-5H3,(H,17,19). The van der Waals surface area contributed by atoms with Gasteiger partial charge < -0.3 is 10.1 Å². The zero-order valence-electron chi connectivity index (χ0n) is 14.2. The summed E-state index contributed by atoms with van der Waals surface area (Å²) >= 11 is 6.01. The Labute approximate surface area is 147 Å². The highest BCUT2D eigenvalue weighted by Crippen LogP contribution is 2.24. The monoisotopic (exact) mass is 376 g/mol. The third-order valence-electron chi connectivity index (χ3n) is 3.10. The molecule has 0 atom stereocenters. The SMILES string of the molecule is COC(=O)c1ccc(Cl)c(NC(=O)CN(C(C)(C)C)S(C)(=O)=O)c1. The molecule has 1 rings (SSSR count). The van der Waals surface area contributed by atoms with Crippen LogP contribution in [0, 0.1) is 0 Å². The number of methoxy groups -OCH3 is 1. The number of anilines is 1. The Kier molecular flexibility index (Phi) is 6.38. The van der Waals surface area contributed by atoms with E-state index in [4.69, 9.17) is 11.6 Å². The third kappa shape index (κ3) is 5.47. The summed E-state index contributed by atoms with van der Waals surface area (Å²) in [6, 6.07) is 4.28. The van der Waals surface area contributed by atoms with Crippen LogP contribution in [0.3, 0.4) is 0 Å². The first kappa shape index (κ1) is 20.4. The number of sulfonamides is 1. The lowest BCUT2D eigenvalue weighted by Gasteiger charge is -2.32. The average molecular weight is 377 g/mol. The Morgan fingerprint density at radius 3 is 2.33 bits per heavy atom. The molecule has 24 heavy (non-hydrogen) atoms. The van der Waals surface area contributed by atoms with Crippen LogP contribution in [0.4, 0.5) is 5.69 Å². The number of rotatable bonds is 5. The van der Waals surface area contributed by atoms with E-state index >= 15 is 0 Å². The second-order valence-electron chi connectivity index (χ2n) is 6.17. The molecule has 9 heteroatoms. The first-order valence-corrected chi connectivity index (χ1v) is 9.24. The Morgan fingerprint density at radius 1 is 1.29 bits per heavy atom. The van der Waals surface area contributed by atoms with Gasteiger partial charge in [-0.15, -0.1) is 0 Å². The van der Waals surface area contributed by atoms with Crippen molar-refractivity contribution in [3.8, 4) is 0 Å². The number of amides is 1. The molecule has 0 spiro atoms. The minimum atomic E-state index is -3.58. The van der Waals surface area contributed by atoms with Gasteiger partial charge in [0.25, 0.3) is 0 Å². The van der Waals surface area contributed by atoms with E-state index in [-0.39, 0.29) is 22.8 Å². The normalized spacial score (nSPS) is 12.1. The minimum Gasteiger partial charge on any atom is -0.465 e. The lowest BCUT2D eigenvalue weighted by atomic mass is 10.1. The molecule has 0 aliphatic carbocycles. The van der Waals surface area contributed by atoms with Gasteiger partial charge in [0, 0.05) is 5.54 Å². The average Bonchev–Trinajstić information content (AvgIpc) is 2.44. The molecule has 1 aromatic carbocycles. The van der Waals surface area contributed by atoms with E-state index in [9.17, 15) is 18.0 Å². The van der Waals surface area contributed by atoms with E-state index in [1.807, 2.05) is 0 Å². The molecule has 0 saturated heterocycles. The fourth-order valence-corrected chi connectivity index (χ4v) is 3.55. The van der Waals surface area contributed by atoms with E-state index in [2.05, 4.69) is 10.1 Å². The summed E-state index contributed by atoms with van der Waals surface area (Å²) in [5.41, 5.74) is -0.345. The molecule has 0 radical (unpaired) electrons. The number of nitrogens with one attached hydrogen (secondary N) is 1. The Balaban J connectivity index is 3.01. The molecule has 0 saturated carbocycles. The molecule has 0 aliphatic rings. The van der Waals surface area contributed by atoms with Crippen LogP contribution in [0.15, 0.2) is 18.2 Å². The molecule has 1 aromatic rings. The van der Waals surface area contributed by atoms with Crippen LogP contribution in [-0.4, -0.2) is 50.0 Å². The van der Waals surface area contributed by atoms with Crippen molar-refractivity contribution in [2.24, 2.45) is 0 Å². The fraction of sp³-hybridized carbons (Fsp3) is 0.467. The number of benzene rings is 1. The first-order chi connectivity index (χ1) is 10.9. The number of halogens is 1. The Hall–Kier alpha value is -1.64. The summed E-state index contributed by atoms with van der Waals surface area (Å²) in [5, 5.41) is 2.74. The maximum atomic E-state index is 12.2. The number of esters is 1. The minimum absolute atomic E-state index is 0.201. The predicted molar refractivity (Wildman–Crippen MR) is 92.7 cm³/mol. The summed E-state index contributed by atoms with van der Waals surface area (Å²) < 4.78 is 29.4. The van der Waals surface area contributed by atoms with E-state index in [0.29, 0.717) is 0 Å². The van der Waals surface area contributed by atoms with Gasteiger partial charge in [0.2, 0.25) is 15.9 Å². The van der Waals surface area contributed by atoms with Crippen molar-refractivity contribution in [2.45, 2.75) is 26.3 Å². The van der Waals surface area contributed by atoms with Gasteiger partial charge in [-0.05, 0) is 39.0 Å². The molecule has 134 valence electrons. The van der Waals surface area contributed by atoms with Gasteiger partial charge >= 0.3 is 5.97 Å². The van der Waals surface area contributed by atoms with Gasteiger partial charge in [-0.1, -0.05) is 11.6 Å². The molecule has 1 amide bonds. The zero-order chi connectivity index (χ0) is 18.7. The molecule has 0 heterocycles. The summed E-state index contributed by atoms with van der Waals surface area (Å²) in [5.74, 6) is -1.14. The lowest BCUT2D eigenvalue weighted by Crippen LogP contribution is -2.48. The van der Waals surface area contributed by atoms with Gasteiger partial charge in [0.15, 0.2) is 0 Å². The summed E-state index contributed by atoms with van der Waals surface area (Å²) in [7, 11) is -2.34. The van der Waals surface area contributed by atoms with Gasteiger partial charge in [-0.3, -0.25) is 4.79 Å². The zero-order valence-corrected chi connectivity index (χ0v) is 15.8. The fourth-order valence-electron chi connectivity index (χ4n) is 2.04. The quantitative estimate of drug-likeness (QED) is 0.794. The van der Waals surface area contributed by atoms with Crippen LogP contribution < -0.4 is 5.32 Å². The Morgan fingerprint density at radius 2 is 1.88 bits per heavy atom. The topological polar surface area (TPSA) is 92.8 Å². The van der Waals surface area contributed by atoms with Crippen molar-refractivity contribution in [1.82, 2.24) is 4.31 Å². The highest BCUT2D eigenvalue weighted by atomic mass is 35.5. The maximum absolute atomic E-state index is 12.2. The van der Waals surface area contributed by atoms with E-state index < -0.39 is 27.4 Å². The maximum Gasteiger partial charge on any atom is 0.337 e. The molecule has 7 nitrogen and oxygen atoms in total. The van der Waals surface area contributed by atoms with Crippen LogP contribution in [0.1, 0.15) is 31.1 Å². The predicted octanol–water partition coefficient (Wildman–Crippen LogP) is 2.13. The molecular weight excluding hydrogens is 356 g/mol. The molecule has 0 unspecified atom stereocenters. The summed E-state index contributed by atoms with van der Waals surface area (Å²) in [6.07, 6.45) is 1.04. The van der Waals surface area contributed by atoms with Crippen molar-refractivity contribution in [2.75, 3.05) is 25.2 Å². The largest absolute Gasteiger partial charge is 0.465 e. The number of nitrogens with zero attached hydrogens (tertiary/aromatic N) is 1. The van der Waals surface area contributed by atoms with E-state index in [1.54, 1.807) is 20.8 Å². The second kappa shape index (κ2) is 7.50. The number of carbonyl (C=O) groups is 2. The van der Waals surface area contributed by atoms with Crippen molar-refractivity contribution in [3.63, 3.8) is 0 Å². The smallest absolute Gasteiger partial charge is 0.337 e. The van der Waals surface area contributed by atoms with Gasteiger partial charge in [-0.25, -0.2) is 13.2 Å². The summed E-state index contributed by atoms with van der Waals surface area (Å²) in [4.78, 5) is 23.8. The van der Waals surface area contributed by atoms with Crippen molar-refractivity contribution < 1.29 is 22.7 Å². The van der Waals surface area contributed by atoms with Crippen molar-refractivity contribution in [1.29, 1.82) is 0 Å².